The van der Waals surface area contributed by atoms with Gasteiger partial charge in [0.1, 0.15) is 6.54 Å². The average molecular weight is 329 g/mol. The molecule has 0 bridgehead atoms. The van der Waals surface area contributed by atoms with Gasteiger partial charge in [-0.05, 0) is 32.6 Å². The fourth-order valence-corrected chi connectivity index (χ4v) is 2.66. The number of aliphatic carboxylic acids is 3. The van der Waals surface area contributed by atoms with Gasteiger partial charge in [0, 0.05) is 0 Å². The van der Waals surface area contributed by atoms with Crippen LogP contribution in [0.15, 0.2) is 12.2 Å². The van der Waals surface area contributed by atoms with Crippen molar-refractivity contribution >= 4 is 17.9 Å². The van der Waals surface area contributed by atoms with E-state index in [1.165, 1.54) is 0 Å². The van der Waals surface area contributed by atoms with Crippen molar-refractivity contribution in [2.24, 2.45) is 0 Å². The molecule has 0 aliphatic carbocycles. The number of unbranched alkanes of at least 4 members (excludes halogenated alkanes) is 5. The highest BCUT2D eigenvalue weighted by atomic mass is 16.4. The quantitative estimate of drug-likeness (QED) is 0.274. The Kier molecular flexibility index (Phi) is 10.7. The lowest BCUT2D eigenvalue weighted by molar-refractivity contribution is -0.909. The van der Waals surface area contributed by atoms with E-state index in [1.54, 1.807) is 0 Å². The second-order valence-corrected chi connectivity index (χ2v) is 5.82. The predicted octanol–water partition coefficient (Wildman–Crippen LogP) is 0.639. The third-order valence-corrected chi connectivity index (χ3v) is 3.64. The first-order valence-electron chi connectivity index (χ1n) is 7.91. The molecule has 0 aromatic rings. The third-order valence-electron chi connectivity index (χ3n) is 3.64. The van der Waals surface area contributed by atoms with Crippen LogP contribution in [-0.4, -0.2) is 58.8 Å². The van der Waals surface area contributed by atoms with Crippen molar-refractivity contribution in [1.82, 2.24) is 0 Å². The van der Waals surface area contributed by atoms with Crippen LogP contribution < -0.4 is 5.11 Å². The van der Waals surface area contributed by atoms with Gasteiger partial charge in [-0.1, -0.05) is 25.0 Å². The highest BCUT2D eigenvalue weighted by Gasteiger charge is 2.33. The number of quaternary nitrogens is 1. The number of carboxylic acid groups (broad SMARTS) is 3. The summed E-state index contributed by atoms with van der Waals surface area (Å²) in [7, 11) is 0. The molecule has 23 heavy (non-hydrogen) atoms. The van der Waals surface area contributed by atoms with E-state index in [0.717, 1.165) is 32.1 Å². The molecular weight excluding hydrogens is 302 g/mol. The molecular formula is C16H27NO6. The summed E-state index contributed by atoms with van der Waals surface area (Å²) in [5.41, 5.74) is 0. The summed E-state index contributed by atoms with van der Waals surface area (Å²) in [5, 5.41) is 28.8. The molecule has 0 rings (SSSR count). The van der Waals surface area contributed by atoms with Gasteiger partial charge in [0.25, 0.3) is 0 Å². The minimum Gasteiger partial charge on any atom is -0.544 e. The Morgan fingerprint density at radius 1 is 0.913 bits per heavy atom. The maximum absolute atomic E-state index is 11.0. The van der Waals surface area contributed by atoms with Crippen LogP contribution in [0, 0.1) is 0 Å². The highest BCUT2D eigenvalue weighted by Crippen LogP contribution is 2.12. The molecule has 0 aliphatic rings. The van der Waals surface area contributed by atoms with Crippen LogP contribution in [0.4, 0.5) is 0 Å². The van der Waals surface area contributed by atoms with Crippen molar-refractivity contribution < 1.29 is 34.2 Å². The van der Waals surface area contributed by atoms with Crippen LogP contribution in [0.3, 0.4) is 0 Å². The van der Waals surface area contributed by atoms with Crippen molar-refractivity contribution in [3.05, 3.63) is 12.2 Å². The molecule has 0 atom stereocenters. The van der Waals surface area contributed by atoms with Crippen LogP contribution in [0.1, 0.15) is 45.4 Å². The number of nitrogens with zero attached hydrogens (tertiary/aromatic N) is 1. The summed E-state index contributed by atoms with van der Waals surface area (Å²) < 4.78 is -0.508. The van der Waals surface area contributed by atoms with Gasteiger partial charge in [-0.2, -0.15) is 0 Å². The van der Waals surface area contributed by atoms with Crippen LogP contribution in [0.2, 0.25) is 0 Å². The standard InChI is InChI=1S/C16H27NO6/c1-2-3-4-5-6-7-8-9-10-17(11-14(18)19,12-15(20)21)13-16(22)23/h2-3H,4-13H2,1H3,(H2-,18,19,20,21,22,23)/b3-2+. The molecule has 0 aromatic heterocycles. The van der Waals surface area contributed by atoms with E-state index >= 15 is 0 Å². The fraction of sp³-hybridized carbons (Fsp3) is 0.688. The van der Waals surface area contributed by atoms with Crippen LogP contribution in [-0.2, 0) is 14.4 Å². The minimum atomic E-state index is -1.43. The Labute approximate surface area is 136 Å². The zero-order chi connectivity index (χ0) is 17.7. The van der Waals surface area contributed by atoms with Gasteiger partial charge >= 0.3 is 11.9 Å². The lowest BCUT2D eigenvalue weighted by atomic mass is 10.1. The lowest BCUT2D eigenvalue weighted by Gasteiger charge is -2.36. The third kappa shape index (κ3) is 11.3. The topological polar surface area (TPSA) is 115 Å². The molecule has 0 heterocycles. The highest BCUT2D eigenvalue weighted by molar-refractivity contribution is 5.72. The van der Waals surface area contributed by atoms with Crippen LogP contribution in [0.5, 0.6) is 0 Å². The Hall–Kier alpha value is -1.89. The van der Waals surface area contributed by atoms with E-state index in [-0.39, 0.29) is 6.54 Å². The zero-order valence-corrected chi connectivity index (χ0v) is 13.7. The number of allylic oxidation sites excluding steroid dienone is 2. The van der Waals surface area contributed by atoms with Crippen LogP contribution >= 0.6 is 0 Å². The van der Waals surface area contributed by atoms with Crippen molar-refractivity contribution in [3.63, 3.8) is 0 Å². The Morgan fingerprint density at radius 2 is 1.43 bits per heavy atom. The number of carbonyl (C=O) groups excluding carboxylic acids is 1. The molecule has 0 spiro atoms. The molecule has 0 amide bonds. The largest absolute Gasteiger partial charge is 0.544 e. The normalized spacial score (nSPS) is 11.7. The summed E-state index contributed by atoms with van der Waals surface area (Å²) in [6.07, 6.45) is 9.63. The first kappa shape index (κ1) is 21.1. The summed E-state index contributed by atoms with van der Waals surface area (Å²) in [6, 6.07) is 0. The summed E-state index contributed by atoms with van der Waals surface area (Å²) in [5.74, 6) is -3.85. The SMILES string of the molecule is C/C=C/CCCCCCC[N+](CC(=O)[O-])(CC(=O)O)CC(=O)O. The van der Waals surface area contributed by atoms with Gasteiger partial charge < -0.3 is 24.6 Å². The van der Waals surface area contributed by atoms with E-state index in [1.807, 2.05) is 13.0 Å². The maximum atomic E-state index is 11.0. The molecule has 0 saturated carbocycles. The molecule has 0 saturated heterocycles. The lowest BCUT2D eigenvalue weighted by Crippen LogP contribution is -2.59. The van der Waals surface area contributed by atoms with Crippen LogP contribution in [0.25, 0.3) is 0 Å². The summed E-state index contributed by atoms with van der Waals surface area (Å²) in [6.45, 7) is 0.532. The maximum Gasteiger partial charge on any atom is 0.359 e. The second kappa shape index (κ2) is 11.6. The van der Waals surface area contributed by atoms with E-state index in [9.17, 15) is 19.5 Å². The first-order valence-corrected chi connectivity index (χ1v) is 7.91. The molecule has 0 fully saturated rings. The number of carboxylic acids is 3. The number of carbonyl (C=O) groups is 3. The van der Waals surface area contributed by atoms with Crippen molar-refractivity contribution in [2.75, 3.05) is 26.2 Å². The molecule has 132 valence electrons. The minimum absolute atomic E-state index is 0.210. The van der Waals surface area contributed by atoms with E-state index in [4.69, 9.17) is 10.2 Å². The first-order chi connectivity index (χ1) is 10.8. The predicted molar refractivity (Wildman–Crippen MR) is 82.5 cm³/mol. The van der Waals surface area contributed by atoms with Gasteiger partial charge in [-0.15, -0.1) is 0 Å². The Balaban J connectivity index is 4.46. The summed E-state index contributed by atoms with van der Waals surface area (Å²) in [4.78, 5) is 32.9. The number of rotatable bonds is 14. The molecule has 0 radical (unpaired) electrons. The van der Waals surface area contributed by atoms with Crippen molar-refractivity contribution in [3.8, 4) is 0 Å². The number of hydrogen-bond donors (Lipinski definition) is 2. The smallest absolute Gasteiger partial charge is 0.359 e. The summed E-state index contributed by atoms with van der Waals surface area (Å²) >= 11 is 0. The fourth-order valence-electron chi connectivity index (χ4n) is 2.66. The van der Waals surface area contributed by atoms with Gasteiger partial charge in [0.15, 0.2) is 13.1 Å². The van der Waals surface area contributed by atoms with Gasteiger partial charge in [0.05, 0.1) is 12.5 Å². The van der Waals surface area contributed by atoms with Gasteiger partial charge in [-0.25, -0.2) is 9.59 Å². The average Bonchev–Trinajstić information content (AvgIpc) is 2.39. The monoisotopic (exact) mass is 329 g/mol. The van der Waals surface area contributed by atoms with E-state index < -0.39 is 42.0 Å². The molecule has 7 heteroatoms. The van der Waals surface area contributed by atoms with E-state index in [2.05, 4.69) is 6.08 Å². The molecule has 0 aliphatic heterocycles. The molecule has 7 nitrogen and oxygen atoms in total. The van der Waals surface area contributed by atoms with Crippen molar-refractivity contribution in [1.29, 1.82) is 0 Å². The van der Waals surface area contributed by atoms with E-state index in [0.29, 0.717) is 6.42 Å². The second-order valence-electron chi connectivity index (χ2n) is 5.82. The Bertz CT molecular complexity index is 378. The Morgan fingerprint density at radius 3 is 1.91 bits per heavy atom. The number of hydrogen-bond acceptors (Lipinski definition) is 4. The molecule has 0 unspecified atom stereocenters. The zero-order valence-electron chi connectivity index (χ0n) is 13.7. The van der Waals surface area contributed by atoms with Gasteiger partial charge in [-0.3, -0.25) is 0 Å². The van der Waals surface area contributed by atoms with Gasteiger partial charge in [0.2, 0.25) is 0 Å². The van der Waals surface area contributed by atoms with Crippen molar-refractivity contribution in [2.45, 2.75) is 45.4 Å². The molecule has 2 N–H and O–H groups in total. The molecule has 0 aromatic carbocycles.